The zero-order valence-corrected chi connectivity index (χ0v) is 8.19. The third kappa shape index (κ3) is 4.00. The fraction of sp³-hybridized carbons (Fsp3) is 0.400. The van der Waals surface area contributed by atoms with E-state index in [1.54, 1.807) is 12.4 Å². The number of aryl methyl sites for hydroxylation is 1. The molecule has 0 saturated heterocycles. The summed E-state index contributed by atoms with van der Waals surface area (Å²) in [6, 6.07) is 3.79. The van der Waals surface area contributed by atoms with E-state index in [2.05, 4.69) is 10.5 Å². The Bertz CT molecular complexity index is 275. The van der Waals surface area contributed by atoms with E-state index >= 15 is 0 Å². The quantitative estimate of drug-likeness (QED) is 0.714. The summed E-state index contributed by atoms with van der Waals surface area (Å²) in [5.41, 5.74) is 3.45. The highest BCUT2D eigenvalue weighted by atomic mass is 16.6. The van der Waals surface area contributed by atoms with E-state index in [-0.39, 0.29) is 5.91 Å². The van der Waals surface area contributed by atoms with E-state index in [0.717, 1.165) is 5.56 Å². The van der Waals surface area contributed by atoms with Crippen molar-refractivity contribution in [2.24, 2.45) is 0 Å². The minimum Gasteiger partial charge on any atom is -0.274 e. The van der Waals surface area contributed by atoms with Gasteiger partial charge in [-0.2, -0.15) is 0 Å². The first-order valence-corrected chi connectivity index (χ1v) is 4.62. The summed E-state index contributed by atoms with van der Waals surface area (Å²) in [7, 11) is 0. The van der Waals surface area contributed by atoms with Crippen molar-refractivity contribution < 1.29 is 9.63 Å². The average molecular weight is 194 g/mol. The van der Waals surface area contributed by atoms with Crippen LogP contribution in [-0.2, 0) is 16.1 Å². The molecule has 0 aliphatic heterocycles. The predicted molar refractivity (Wildman–Crippen MR) is 52.3 cm³/mol. The van der Waals surface area contributed by atoms with Crippen LogP contribution >= 0.6 is 0 Å². The van der Waals surface area contributed by atoms with Gasteiger partial charge in [-0.3, -0.25) is 14.6 Å². The molecule has 0 atom stereocenters. The standard InChI is InChI=1S/C10H14N2O2/c1-2-14-12-10(13)4-3-9-5-7-11-8-6-9/h5-8H,2-4H2,1H3,(H,12,13). The Kier molecular flexibility index (Phi) is 4.64. The highest BCUT2D eigenvalue weighted by Gasteiger charge is 2.00. The first-order chi connectivity index (χ1) is 6.83. The summed E-state index contributed by atoms with van der Waals surface area (Å²) in [6.07, 6.45) is 4.58. The van der Waals surface area contributed by atoms with Crippen LogP contribution in [-0.4, -0.2) is 17.5 Å². The normalized spacial score (nSPS) is 9.79. The molecule has 0 radical (unpaired) electrons. The smallest absolute Gasteiger partial charge is 0.243 e. The van der Waals surface area contributed by atoms with Crippen molar-refractivity contribution in [2.75, 3.05) is 6.61 Å². The number of carbonyl (C=O) groups excluding carboxylic acids is 1. The number of nitrogens with one attached hydrogen (secondary N) is 1. The maximum atomic E-state index is 11.1. The van der Waals surface area contributed by atoms with Crippen LogP contribution in [0.15, 0.2) is 24.5 Å². The van der Waals surface area contributed by atoms with Crippen molar-refractivity contribution >= 4 is 5.91 Å². The highest BCUT2D eigenvalue weighted by Crippen LogP contribution is 2.00. The molecule has 4 heteroatoms. The molecular weight excluding hydrogens is 180 g/mol. The molecule has 0 aliphatic carbocycles. The van der Waals surface area contributed by atoms with Gasteiger partial charge in [-0.15, -0.1) is 0 Å². The molecule has 1 N–H and O–H groups in total. The molecule has 1 aromatic rings. The van der Waals surface area contributed by atoms with E-state index in [1.807, 2.05) is 19.1 Å². The molecule has 76 valence electrons. The average Bonchev–Trinajstić information content (AvgIpc) is 2.25. The highest BCUT2D eigenvalue weighted by molar-refractivity contribution is 5.74. The van der Waals surface area contributed by atoms with Gasteiger partial charge in [0, 0.05) is 18.8 Å². The summed E-state index contributed by atoms with van der Waals surface area (Å²) in [5.74, 6) is -0.0938. The fourth-order valence-electron chi connectivity index (χ4n) is 1.01. The van der Waals surface area contributed by atoms with Gasteiger partial charge in [0.1, 0.15) is 0 Å². The Morgan fingerprint density at radius 1 is 1.50 bits per heavy atom. The second kappa shape index (κ2) is 6.10. The molecule has 14 heavy (non-hydrogen) atoms. The van der Waals surface area contributed by atoms with Gasteiger partial charge in [-0.05, 0) is 31.0 Å². The molecule has 0 spiro atoms. The minimum absolute atomic E-state index is 0.0938. The van der Waals surface area contributed by atoms with Crippen molar-refractivity contribution in [1.29, 1.82) is 0 Å². The van der Waals surface area contributed by atoms with Crippen LogP contribution in [0.5, 0.6) is 0 Å². The summed E-state index contributed by atoms with van der Waals surface area (Å²) in [6.45, 7) is 2.31. The van der Waals surface area contributed by atoms with Gasteiger partial charge < -0.3 is 0 Å². The number of amides is 1. The lowest BCUT2D eigenvalue weighted by atomic mass is 10.1. The molecule has 0 aromatic carbocycles. The zero-order chi connectivity index (χ0) is 10.2. The monoisotopic (exact) mass is 194 g/mol. The van der Waals surface area contributed by atoms with Crippen molar-refractivity contribution in [3.8, 4) is 0 Å². The molecule has 1 heterocycles. The molecule has 0 aliphatic rings. The Morgan fingerprint density at radius 3 is 2.86 bits per heavy atom. The lowest BCUT2D eigenvalue weighted by molar-refractivity contribution is -0.133. The maximum Gasteiger partial charge on any atom is 0.243 e. The lowest BCUT2D eigenvalue weighted by Gasteiger charge is -2.03. The van der Waals surface area contributed by atoms with Crippen molar-refractivity contribution in [2.45, 2.75) is 19.8 Å². The van der Waals surface area contributed by atoms with E-state index < -0.39 is 0 Å². The van der Waals surface area contributed by atoms with Crippen LogP contribution in [0.1, 0.15) is 18.9 Å². The van der Waals surface area contributed by atoms with E-state index in [0.29, 0.717) is 19.4 Å². The molecule has 1 rings (SSSR count). The van der Waals surface area contributed by atoms with E-state index in [1.165, 1.54) is 0 Å². The Morgan fingerprint density at radius 2 is 2.21 bits per heavy atom. The van der Waals surface area contributed by atoms with Gasteiger partial charge in [0.05, 0.1) is 6.61 Å². The lowest BCUT2D eigenvalue weighted by Crippen LogP contribution is -2.23. The number of carbonyl (C=O) groups is 1. The third-order valence-corrected chi connectivity index (χ3v) is 1.72. The van der Waals surface area contributed by atoms with Crippen molar-refractivity contribution in [3.63, 3.8) is 0 Å². The molecule has 1 aromatic heterocycles. The van der Waals surface area contributed by atoms with Gasteiger partial charge in [0.2, 0.25) is 5.91 Å². The maximum absolute atomic E-state index is 11.1. The van der Waals surface area contributed by atoms with Gasteiger partial charge in [-0.1, -0.05) is 0 Å². The Labute approximate surface area is 83.3 Å². The van der Waals surface area contributed by atoms with Crippen molar-refractivity contribution in [1.82, 2.24) is 10.5 Å². The van der Waals surface area contributed by atoms with Gasteiger partial charge in [0.15, 0.2) is 0 Å². The van der Waals surface area contributed by atoms with E-state index in [4.69, 9.17) is 4.84 Å². The Hall–Kier alpha value is -1.42. The van der Waals surface area contributed by atoms with Crippen LogP contribution in [0.25, 0.3) is 0 Å². The fourth-order valence-corrected chi connectivity index (χ4v) is 1.01. The summed E-state index contributed by atoms with van der Waals surface area (Å²) >= 11 is 0. The second-order valence-corrected chi connectivity index (χ2v) is 2.81. The summed E-state index contributed by atoms with van der Waals surface area (Å²) < 4.78 is 0. The largest absolute Gasteiger partial charge is 0.274 e. The Balaban J connectivity index is 2.24. The first-order valence-electron chi connectivity index (χ1n) is 4.62. The van der Waals surface area contributed by atoms with Crippen molar-refractivity contribution in [3.05, 3.63) is 30.1 Å². The van der Waals surface area contributed by atoms with Crippen LogP contribution in [0.4, 0.5) is 0 Å². The number of aromatic nitrogens is 1. The van der Waals surface area contributed by atoms with Crippen LogP contribution in [0, 0.1) is 0 Å². The van der Waals surface area contributed by atoms with Crippen LogP contribution in [0.3, 0.4) is 0 Å². The van der Waals surface area contributed by atoms with Gasteiger partial charge >= 0.3 is 0 Å². The second-order valence-electron chi connectivity index (χ2n) is 2.81. The number of hydroxylamine groups is 1. The molecule has 4 nitrogen and oxygen atoms in total. The number of nitrogens with zero attached hydrogens (tertiary/aromatic N) is 1. The van der Waals surface area contributed by atoms with Crippen LogP contribution in [0.2, 0.25) is 0 Å². The van der Waals surface area contributed by atoms with Crippen LogP contribution < -0.4 is 5.48 Å². The number of hydrogen-bond acceptors (Lipinski definition) is 3. The predicted octanol–water partition coefficient (Wildman–Crippen LogP) is 1.08. The zero-order valence-electron chi connectivity index (χ0n) is 8.19. The minimum atomic E-state index is -0.0938. The summed E-state index contributed by atoms with van der Waals surface area (Å²) in [4.78, 5) is 19.8. The summed E-state index contributed by atoms with van der Waals surface area (Å²) in [5, 5.41) is 0. The third-order valence-electron chi connectivity index (χ3n) is 1.72. The number of hydrogen-bond donors (Lipinski definition) is 1. The van der Waals surface area contributed by atoms with Gasteiger partial charge in [-0.25, -0.2) is 5.48 Å². The number of pyridine rings is 1. The molecule has 1 amide bonds. The van der Waals surface area contributed by atoms with E-state index in [9.17, 15) is 4.79 Å². The molecule has 0 unspecified atom stereocenters. The molecule has 0 saturated carbocycles. The number of rotatable bonds is 5. The first kappa shape index (κ1) is 10.7. The molecular formula is C10H14N2O2. The SMILES string of the molecule is CCONC(=O)CCc1ccncc1. The molecule has 0 bridgehead atoms. The molecule has 0 fully saturated rings. The van der Waals surface area contributed by atoms with Gasteiger partial charge in [0.25, 0.3) is 0 Å². The topological polar surface area (TPSA) is 51.2 Å².